The van der Waals surface area contributed by atoms with Gasteiger partial charge in [-0.3, -0.25) is 4.79 Å². The average molecular weight is 223 g/mol. The van der Waals surface area contributed by atoms with E-state index in [9.17, 15) is 4.79 Å². The topological polar surface area (TPSA) is 17.1 Å². The van der Waals surface area contributed by atoms with Gasteiger partial charge >= 0.3 is 0 Å². The fraction of sp³-hybridized carbons (Fsp3) is 0.462. The molecular weight excluding hydrogens is 208 g/mol. The van der Waals surface area contributed by atoms with Crippen LogP contribution in [0.5, 0.6) is 0 Å². The van der Waals surface area contributed by atoms with Crippen LogP contribution >= 0.6 is 11.6 Å². The lowest BCUT2D eigenvalue weighted by Crippen LogP contribution is -2.20. The van der Waals surface area contributed by atoms with Crippen molar-refractivity contribution in [1.82, 2.24) is 0 Å². The molecule has 0 saturated heterocycles. The van der Waals surface area contributed by atoms with Crippen LogP contribution < -0.4 is 0 Å². The van der Waals surface area contributed by atoms with Gasteiger partial charge < -0.3 is 0 Å². The number of halogens is 1. The van der Waals surface area contributed by atoms with Gasteiger partial charge in [-0.25, -0.2) is 0 Å². The Morgan fingerprint density at radius 3 is 3.07 bits per heavy atom. The van der Waals surface area contributed by atoms with Gasteiger partial charge in [-0.1, -0.05) is 18.2 Å². The molecule has 0 bridgehead atoms. The zero-order valence-electron chi connectivity index (χ0n) is 8.92. The number of rotatable bonds is 2. The smallest absolute Gasteiger partial charge is 0.155 e. The Labute approximate surface area is 95.4 Å². The highest BCUT2D eigenvalue weighted by Crippen LogP contribution is 2.34. The third-order valence-corrected chi connectivity index (χ3v) is 3.49. The van der Waals surface area contributed by atoms with E-state index in [4.69, 9.17) is 11.6 Å². The van der Waals surface area contributed by atoms with Crippen LogP contribution in [-0.4, -0.2) is 11.7 Å². The number of ketones is 1. The maximum absolute atomic E-state index is 11.7. The van der Waals surface area contributed by atoms with Crippen LogP contribution in [0.25, 0.3) is 0 Å². The van der Waals surface area contributed by atoms with Gasteiger partial charge in [-0.05, 0) is 42.9 Å². The predicted molar refractivity (Wildman–Crippen MR) is 62.6 cm³/mol. The molecular formula is C13H15ClO. The summed E-state index contributed by atoms with van der Waals surface area (Å²) < 4.78 is 0. The fourth-order valence-electron chi connectivity index (χ4n) is 2.51. The summed E-state index contributed by atoms with van der Waals surface area (Å²) in [4.78, 5) is 11.7. The van der Waals surface area contributed by atoms with Crippen molar-refractivity contribution in [3.63, 3.8) is 0 Å². The Morgan fingerprint density at radius 1 is 1.53 bits per heavy atom. The summed E-state index contributed by atoms with van der Waals surface area (Å²) in [5.41, 5.74) is 3.81. The maximum atomic E-state index is 11.7. The van der Waals surface area contributed by atoms with E-state index in [0.717, 1.165) is 19.3 Å². The molecule has 1 aliphatic carbocycles. The quantitative estimate of drug-likeness (QED) is 0.703. The van der Waals surface area contributed by atoms with Crippen LogP contribution in [0, 0.1) is 6.92 Å². The van der Waals surface area contributed by atoms with Gasteiger partial charge in [-0.15, -0.1) is 11.6 Å². The van der Waals surface area contributed by atoms with Gasteiger partial charge in [0.2, 0.25) is 0 Å². The second kappa shape index (κ2) is 4.36. The Kier molecular flexibility index (Phi) is 3.11. The second-order valence-corrected chi connectivity index (χ2v) is 4.46. The summed E-state index contributed by atoms with van der Waals surface area (Å²) in [6.45, 7) is 2.08. The van der Waals surface area contributed by atoms with E-state index in [1.807, 2.05) is 0 Å². The number of hydrogen-bond donors (Lipinski definition) is 0. The molecule has 0 fully saturated rings. The van der Waals surface area contributed by atoms with Crippen molar-refractivity contribution in [2.24, 2.45) is 0 Å². The van der Waals surface area contributed by atoms with Gasteiger partial charge in [0.25, 0.3) is 0 Å². The normalized spacial score (nSPS) is 19.7. The van der Waals surface area contributed by atoms with E-state index in [1.54, 1.807) is 0 Å². The molecule has 1 aromatic rings. The molecule has 80 valence electrons. The highest BCUT2D eigenvalue weighted by Gasteiger charge is 2.26. The number of alkyl halides is 1. The Hall–Kier alpha value is -0.820. The number of benzene rings is 1. The predicted octanol–water partition coefficient (Wildman–Crippen LogP) is 3.22. The highest BCUT2D eigenvalue weighted by molar-refractivity contribution is 6.28. The van der Waals surface area contributed by atoms with Gasteiger partial charge in [0.1, 0.15) is 0 Å². The van der Waals surface area contributed by atoms with Crippen LogP contribution in [0.1, 0.15) is 35.4 Å². The first-order valence-corrected chi connectivity index (χ1v) is 5.94. The molecule has 1 unspecified atom stereocenters. The first-order chi connectivity index (χ1) is 7.24. The van der Waals surface area contributed by atoms with Gasteiger partial charge in [0.15, 0.2) is 5.78 Å². The van der Waals surface area contributed by atoms with Crippen LogP contribution in [0.4, 0.5) is 0 Å². The standard InChI is InChI=1S/C13H15ClO/c1-9-4-2-5-10-6-3-7-11(13(9)10)12(15)8-14/h2,4-5,11H,3,6-8H2,1H3. The summed E-state index contributed by atoms with van der Waals surface area (Å²) in [7, 11) is 0. The molecule has 0 aliphatic heterocycles. The summed E-state index contributed by atoms with van der Waals surface area (Å²) in [5.74, 6) is 0.359. The molecule has 15 heavy (non-hydrogen) atoms. The van der Waals surface area contributed by atoms with Gasteiger partial charge in [0, 0.05) is 5.92 Å². The molecule has 0 heterocycles. The Bertz CT molecular complexity index is 384. The third kappa shape index (κ3) is 1.93. The van der Waals surface area contributed by atoms with Crippen LogP contribution in [0.2, 0.25) is 0 Å². The first-order valence-electron chi connectivity index (χ1n) is 5.41. The SMILES string of the molecule is Cc1cccc2c1C(C(=O)CCl)CCC2. The van der Waals surface area contributed by atoms with Crippen molar-refractivity contribution >= 4 is 17.4 Å². The minimum absolute atomic E-state index is 0.0486. The van der Waals surface area contributed by atoms with E-state index < -0.39 is 0 Å². The maximum Gasteiger partial charge on any atom is 0.155 e. The van der Waals surface area contributed by atoms with Crippen molar-refractivity contribution in [2.45, 2.75) is 32.1 Å². The molecule has 1 atom stereocenters. The summed E-state index contributed by atoms with van der Waals surface area (Å²) in [5, 5.41) is 0. The van der Waals surface area contributed by atoms with Crippen molar-refractivity contribution in [3.8, 4) is 0 Å². The zero-order chi connectivity index (χ0) is 10.8. The molecule has 0 saturated carbocycles. The first kappa shape index (κ1) is 10.7. The minimum atomic E-state index is 0.0486. The Balaban J connectivity index is 2.45. The molecule has 2 rings (SSSR count). The number of carbonyl (C=O) groups is 1. The highest BCUT2D eigenvalue weighted by atomic mass is 35.5. The molecule has 0 amide bonds. The van der Waals surface area contributed by atoms with E-state index >= 15 is 0 Å². The van der Waals surface area contributed by atoms with Crippen LogP contribution in [0.3, 0.4) is 0 Å². The number of hydrogen-bond acceptors (Lipinski definition) is 1. The summed E-state index contributed by atoms with van der Waals surface area (Å²) in [6, 6.07) is 6.29. The van der Waals surface area contributed by atoms with E-state index in [0.29, 0.717) is 0 Å². The number of fused-ring (bicyclic) bond motifs is 1. The summed E-state index contributed by atoms with van der Waals surface area (Å²) >= 11 is 5.65. The van der Waals surface area contributed by atoms with Gasteiger partial charge in [-0.2, -0.15) is 0 Å². The number of carbonyl (C=O) groups excluding carboxylic acids is 1. The van der Waals surface area contributed by atoms with E-state index in [-0.39, 0.29) is 17.6 Å². The molecule has 1 aliphatic rings. The third-order valence-electron chi connectivity index (χ3n) is 3.22. The van der Waals surface area contributed by atoms with Gasteiger partial charge in [0.05, 0.1) is 5.88 Å². The largest absolute Gasteiger partial charge is 0.298 e. The monoisotopic (exact) mass is 222 g/mol. The van der Waals surface area contributed by atoms with E-state index in [1.165, 1.54) is 16.7 Å². The second-order valence-electron chi connectivity index (χ2n) is 4.19. The van der Waals surface area contributed by atoms with Crippen molar-refractivity contribution in [2.75, 3.05) is 5.88 Å². The van der Waals surface area contributed by atoms with Crippen molar-refractivity contribution in [1.29, 1.82) is 0 Å². The lowest BCUT2D eigenvalue weighted by molar-refractivity contribution is -0.118. The molecule has 0 radical (unpaired) electrons. The lowest BCUT2D eigenvalue weighted by atomic mass is 9.79. The molecule has 0 aromatic heterocycles. The summed E-state index contributed by atoms with van der Waals surface area (Å²) in [6.07, 6.45) is 3.16. The Morgan fingerprint density at radius 2 is 2.33 bits per heavy atom. The zero-order valence-corrected chi connectivity index (χ0v) is 9.68. The van der Waals surface area contributed by atoms with E-state index in [2.05, 4.69) is 25.1 Å². The molecule has 0 spiro atoms. The molecule has 2 heteroatoms. The van der Waals surface area contributed by atoms with Crippen LogP contribution in [0.15, 0.2) is 18.2 Å². The number of aryl methyl sites for hydroxylation is 2. The van der Waals surface area contributed by atoms with Crippen molar-refractivity contribution < 1.29 is 4.79 Å². The molecule has 1 aromatic carbocycles. The number of Topliss-reactive ketones (excluding diaryl/α,β-unsaturated/α-hetero) is 1. The lowest BCUT2D eigenvalue weighted by Gasteiger charge is -2.25. The minimum Gasteiger partial charge on any atom is -0.298 e. The average Bonchev–Trinajstić information content (AvgIpc) is 2.28. The molecule has 1 nitrogen and oxygen atoms in total. The van der Waals surface area contributed by atoms with Crippen molar-refractivity contribution in [3.05, 3.63) is 34.9 Å². The molecule has 0 N–H and O–H groups in total. The van der Waals surface area contributed by atoms with Crippen LogP contribution in [-0.2, 0) is 11.2 Å². The fourth-order valence-corrected chi connectivity index (χ4v) is 2.70.